The van der Waals surface area contributed by atoms with Gasteiger partial charge >= 0.3 is 0 Å². The van der Waals surface area contributed by atoms with E-state index in [4.69, 9.17) is 4.42 Å². The molecule has 98 valence electrons. The number of nitrogens with zero attached hydrogens (tertiary/aromatic N) is 1. The van der Waals surface area contributed by atoms with E-state index in [0.29, 0.717) is 10.9 Å². The molecule has 2 rings (SSSR count). The van der Waals surface area contributed by atoms with Gasteiger partial charge in [-0.2, -0.15) is 0 Å². The lowest BCUT2D eigenvalue weighted by Crippen LogP contribution is -2.31. The van der Waals surface area contributed by atoms with E-state index in [2.05, 4.69) is 15.6 Å². The fourth-order valence-electron chi connectivity index (χ4n) is 1.22. The lowest BCUT2D eigenvalue weighted by Gasteiger charge is -2.01. The summed E-state index contributed by atoms with van der Waals surface area (Å²) < 4.78 is 5.03. The second kappa shape index (κ2) is 6.50. The number of hydrogen-bond acceptors (Lipinski definition) is 5. The van der Waals surface area contributed by atoms with Crippen molar-refractivity contribution in [3.63, 3.8) is 0 Å². The maximum Gasteiger partial charge on any atom is 0.245 e. The molecule has 0 saturated heterocycles. The lowest BCUT2D eigenvalue weighted by atomic mass is 10.4. The Hall–Kier alpha value is -2.41. The zero-order valence-electron chi connectivity index (χ0n) is 9.83. The fourth-order valence-corrected chi connectivity index (χ4v) is 1.76. The summed E-state index contributed by atoms with van der Waals surface area (Å²) in [5, 5.41) is 7.27. The number of thiazole rings is 1. The summed E-state index contributed by atoms with van der Waals surface area (Å²) in [4.78, 5) is 26.8. The van der Waals surface area contributed by atoms with Gasteiger partial charge in [-0.1, -0.05) is 0 Å². The molecule has 2 aromatic heterocycles. The number of carbonyl (C=O) groups is 2. The Morgan fingerprint density at radius 3 is 3.05 bits per heavy atom. The Balaban J connectivity index is 1.73. The largest absolute Gasteiger partial charge is 0.465 e. The van der Waals surface area contributed by atoms with Crippen LogP contribution in [0, 0.1) is 0 Å². The van der Waals surface area contributed by atoms with Gasteiger partial charge in [-0.15, -0.1) is 11.3 Å². The van der Waals surface area contributed by atoms with Crippen molar-refractivity contribution in [1.82, 2.24) is 10.3 Å². The number of carbonyl (C=O) groups excluding carboxylic acids is 2. The summed E-state index contributed by atoms with van der Waals surface area (Å²) in [6, 6.07) is 3.44. The van der Waals surface area contributed by atoms with Crippen LogP contribution in [-0.4, -0.2) is 23.3 Å². The van der Waals surface area contributed by atoms with E-state index in [9.17, 15) is 9.59 Å². The molecule has 2 heterocycles. The van der Waals surface area contributed by atoms with Crippen molar-refractivity contribution < 1.29 is 14.0 Å². The van der Waals surface area contributed by atoms with Crippen LogP contribution in [0.4, 0.5) is 5.13 Å². The number of nitrogens with one attached hydrogen (secondary N) is 2. The van der Waals surface area contributed by atoms with E-state index in [-0.39, 0.29) is 18.4 Å². The predicted octanol–water partition coefficient (Wildman–Crippen LogP) is 1.50. The van der Waals surface area contributed by atoms with Gasteiger partial charge in [-0.05, 0) is 18.2 Å². The van der Waals surface area contributed by atoms with Crippen molar-refractivity contribution in [2.24, 2.45) is 0 Å². The topological polar surface area (TPSA) is 84.2 Å². The minimum atomic E-state index is -0.370. The summed E-state index contributed by atoms with van der Waals surface area (Å²) in [7, 11) is 0. The minimum absolute atomic E-state index is 0.110. The average Bonchev–Trinajstić information content (AvgIpc) is 3.06. The van der Waals surface area contributed by atoms with E-state index in [1.54, 1.807) is 23.7 Å². The third kappa shape index (κ3) is 4.40. The van der Waals surface area contributed by atoms with E-state index < -0.39 is 0 Å². The summed E-state index contributed by atoms with van der Waals surface area (Å²) in [6.07, 6.45) is 5.92. The first-order valence-electron chi connectivity index (χ1n) is 5.43. The maximum atomic E-state index is 11.4. The summed E-state index contributed by atoms with van der Waals surface area (Å²) in [6.45, 7) is -0.110. The number of amides is 2. The second-order valence-electron chi connectivity index (χ2n) is 3.45. The van der Waals surface area contributed by atoms with Crippen LogP contribution in [0.3, 0.4) is 0 Å². The molecule has 0 atom stereocenters. The monoisotopic (exact) mass is 277 g/mol. The van der Waals surface area contributed by atoms with Crippen molar-refractivity contribution in [3.05, 3.63) is 41.8 Å². The Bertz CT molecular complexity index is 561. The van der Waals surface area contributed by atoms with E-state index in [1.165, 1.54) is 29.8 Å². The molecule has 0 aromatic carbocycles. The molecule has 6 nitrogen and oxygen atoms in total. The average molecular weight is 277 g/mol. The normalized spacial score (nSPS) is 10.5. The van der Waals surface area contributed by atoms with Crippen LogP contribution in [0.5, 0.6) is 0 Å². The van der Waals surface area contributed by atoms with Crippen LogP contribution in [0.25, 0.3) is 6.08 Å². The van der Waals surface area contributed by atoms with Crippen LogP contribution in [0.1, 0.15) is 5.76 Å². The van der Waals surface area contributed by atoms with Gasteiger partial charge in [0.15, 0.2) is 5.13 Å². The SMILES string of the molecule is O=C(/C=C/c1ccco1)NCC(=O)Nc1nccs1. The van der Waals surface area contributed by atoms with Gasteiger partial charge in [-0.3, -0.25) is 9.59 Å². The predicted molar refractivity (Wildman–Crippen MR) is 71.5 cm³/mol. The van der Waals surface area contributed by atoms with Gasteiger partial charge in [0.1, 0.15) is 5.76 Å². The Kier molecular flexibility index (Phi) is 4.46. The lowest BCUT2D eigenvalue weighted by molar-refractivity contribution is -0.121. The first-order chi connectivity index (χ1) is 9.24. The molecule has 0 fully saturated rings. The number of hydrogen-bond donors (Lipinski definition) is 2. The molecular weight excluding hydrogens is 266 g/mol. The van der Waals surface area contributed by atoms with Gasteiger partial charge in [0.25, 0.3) is 0 Å². The van der Waals surface area contributed by atoms with Crippen LogP contribution >= 0.6 is 11.3 Å². The first-order valence-corrected chi connectivity index (χ1v) is 6.31. The standard InChI is InChI=1S/C12H11N3O3S/c16-10(4-3-9-2-1-6-18-9)14-8-11(17)15-12-13-5-7-19-12/h1-7H,8H2,(H,14,16)(H,13,15,17)/b4-3+. The molecule has 2 amide bonds. The molecule has 2 aromatic rings. The van der Waals surface area contributed by atoms with Gasteiger partial charge in [0.2, 0.25) is 11.8 Å². The Morgan fingerprint density at radius 1 is 1.47 bits per heavy atom. The van der Waals surface area contributed by atoms with Crippen molar-refractivity contribution in [2.75, 3.05) is 11.9 Å². The number of furan rings is 1. The molecule has 2 N–H and O–H groups in total. The summed E-state index contributed by atoms with van der Waals surface area (Å²) in [5.41, 5.74) is 0. The van der Waals surface area contributed by atoms with Gasteiger partial charge in [0.05, 0.1) is 12.8 Å². The smallest absolute Gasteiger partial charge is 0.245 e. The van der Waals surface area contributed by atoms with Crippen molar-refractivity contribution in [2.45, 2.75) is 0 Å². The van der Waals surface area contributed by atoms with Crippen LogP contribution in [-0.2, 0) is 9.59 Å². The highest BCUT2D eigenvalue weighted by Gasteiger charge is 2.05. The number of aromatic nitrogens is 1. The highest BCUT2D eigenvalue weighted by molar-refractivity contribution is 7.13. The maximum absolute atomic E-state index is 11.4. The van der Waals surface area contributed by atoms with E-state index in [1.807, 2.05) is 0 Å². The number of rotatable bonds is 5. The zero-order valence-corrected chi connectivity index (χ0v) is 10.6. The molecular formula is C12H11N3O3S. The van der Waals surface area contributed by atoms with Crippen molar-refractivity contribution >= 4 is 34.4 Å². The quantitative estimate of drug-likeness (QED) is 0.811. The molecule has 0 aliphatic rings. The van der Waals surface area contributed by atoms with E-state index in [0.717, 1.165) is 0 Å². The molecule has 0 aliphatic heterocycles. The van der Waals surface area contributed by atoms with Gasteiger partial charge in [0, 0.05) is 17.7 Å². The minimum Gasteiger partial charge on any atom is -0.465 e. The van der Waals surface area contributed by atoms with Crippen molar-refractivity contribution in [3.8, 4) is 0 Å². The Morgan fingerprint density at radius 2 is 2.37 bits per heavy atom. The van der Waals surface area contributed by atoms with E-state index >= 15 is 0 Å². The second-order valence-corrected chi connectivity index (χ2v) is 4.35. The molecule has 0 aliphatic carbocycles. The summed E-state index contributed by atoms with van der Waals surface area (Å²) in [5.74, 6) is -0.122. The van der Waals surface area contributed by atoms with Gasteiger partial charge in [-0.25, -0.2) is 4.98 Å². The third-order valence-corrected chi connectivity index (χ3v) is 2.73. The summed E-state index contributed by atoms with van der Waals surface area (Å²) >= 11 is 1.31. The third-order valence-electron chi connectivity index (χ3n) is 2.04. The number of anilines is 1. The fraction of sp³-hybridized carbons (Fsp3) is 0.0833. The molecule has 0 unspecified atom stereocenters. The molecule has 0 radical (unpaired) electrons. The van der Waals surface area contributed by atoms with Gasteiger partial charge < -0.3 is 15.1 Å². The van der Waals surface area contributed by atoms with Crippen LogP contribution in [0.15, 0.2) is 40.5 Å². The molecule has 0 spiro atoms. The Labute approximate surface area is 113 Å². The van der Waals surface area contributed by atoms with Crippen molar-refractivity contribution in [1.29, 1.82) is 0 Å². The first kappa shape index (κ1) is 13.0. The van der Waals surface area contributed by atoms with Crippen LogP contribution < -0.4 is 10.6 Å². The molecule has 0 bridgehead atoms. The highest BCUT2D eigenvalue weighted by atomic mass is 32.1. The van der Waals surface area contributed by atoms with Crippen LogP contribution in [0.2, 0.25) is 0 Å². The molecule has 7 heteroatoms. The highest BCUT2D eigenvalue weighted by Crippen LogP contribution is 2.09. The zero-order chi connectivity index (χ0) is 13.5. The molecule has 19 heavy (non-hydrogen) atoms. The molecule has 0 saturated carbocycles.